The third kappa shape index (κ3) is 2.39. The number of nitrogens with two attached hydrogens (primary N) is 1. The first-order valence-corrected chi connectivity index (χ1v) is 5.15. The van der Waals surface area contributed by atoms with Crippen molar-refractivity contribution in [1.82, 2.24) is 4.90 Å². The summed E-state index contributed by atoms with van der Waals surface area (Å²) in [5.41, 5.74) is 6.16. The zero-order valence-corrected chi connectivity index (χ0v) is 9.49. The molecule has 0 spiro atoms. The number of nitrogens with zero attached hydrogens (tertiary/aromatic N) is 1. The second-order valence-corrected chi connectivity index (χ2v) is 3.61. The Hall–Kier alpha value is -1.29. The minimum atomic E-state index is -0.0291. The molecule has 0 aliphatic carbocycles. The molecule has 84 valence electrons. The van der Waals surface area contributed by atoms with E-state index in [1.165, 1.54) is 0 Å². The second kappa shape index (κ2) is 4.98. The highest BCUT2D eigenvalue weighted by Crippen LogP contribution is 2.14. The Morgan fingerprint density at radius 2 is 2.33 bits per heavy atom. The average molecular weight is 210 g/mol. The molecule has 0 radical (unpaired) electrons. The zero-order valence-electron chi connectivity index (χ0n) is 9.49. The Bertz CT molecular complexity index is 333. The Morgan fingerprint density at radius 1 is 1.67 bits per heavy atom. The van der Waals surface area contributed by atoms with Crippen molar-refractivity contribution in [3.8, 4) is 0 Å². The molecule has 1 aromatic rings. The van der Waals surface area contributed by atoms with Gasteiger partial charge in [0.05, 0.1) is 11.8 Å². The maximum Gasteiger partial charge on any atom is 0.257 e. The van der Waals surface area contributed by atoms with Crippen LogP contribution in [0.15, 0.2) is 16.7 Å². The Labute approximate surface area is 90.0 Å². The average Bonchev–Trinajstić information content (AvgIpc) is 2.73. The van der Waals surface area contributed by atoms with Crippen LogP contribution in [0.4, 0.5) is 0 Å². The summed E-state index contributed by atoms with van der Waals surface area (Å²) in [6, 6.07) is 1.75. The molecular weight excluding hydrogens is 192 g/mol. The monoisotopic (exact) mass is 210 g/mol. The third-order valence-electron chi connectivity index (χ3n) is 2.62. The number of furan rings is 1. The van der Waals surface area contributed by atoms with Gasteiger partial charge in [-0.25, -0.2) is 0 Å². The molecular formula is C11H18N2O2. The molecule has 0 saturated carbocycles. The van der Waals surface area contributed by atoms with E-state index >= 15 is 0 Å². The van der Waals surface area contributed by atoms with Crippen LogP contribution in [0.5, 0.6) is 0 Å². The van der Waals surface area contributed by atoms with Gasteiger partial charge < -0.3 is 15.1 Å². The molecule has 0 aliphatic heterocycles. The molecule has 4 nitrogen and oxygen atoms in total. The normalized spacial score (nSPS) is 12.5. The Morgan fingerprint density at radius 3 is 2.87 bits per heavy atom. The van der Waals surface area contributed by atoms with Crippen molar-refractivity contribution in [1.29, 1.82) is 0 Å². The highest BCUT2D eigenvalue weighted by Gasteiger charge is 2.20. The highest BCUT2D eigenvalue weighted by molar-refractivity contribution is 5.95. The molecule has 2 N–H and O–H groups in total. The van der Waals surface area contributed by atoms with Crippen molar-refractivity contribution < 1.29 is 9.21 Å². The van der Waals surface area contributed by atoms with Gasteiger partial charge in [0, 0.05) is 26.1 Å². The van der Waals surface area contributed by atoms with Crippen LogP contribution in [0, 0.1) is 0 Å². The van der Waals surface area contributed by atoms with Gasteiger partial charge >= 0.3 is 0 Å². The quantitative estimate of drug-likeness (QED) is 0.814. The van der Waals surface area contributed by atoms with Crippen LogP contribution in [0.3, 0.4) is 0 Å². The van der Waals surface area contributed by atoms with Crippen molar-refractivity contribution >= 4 is 5.91 Å². The van der Waals surface area contributed by atoms with E-state index in [1.54, 1.807) is 24.3 Å². The standard InChI is InChI=1S/C11H18N2O2/c1-4-10-9(5-6-15-10)11(14)13(3)8(2)7-12/h5-6,8H,4,7,12H2,1-3H3. The molecule has 4 heteroatoms. The van der Waals surface area contributed by atoms with Gasteiger partial charge in [-0.2, -0.15) is 0 Å². The number of hydrogen-bond donors (Lipinski definition) is 1. The first-order valence-electron chi connectivity index (χ1n) is 5.15. The van der Waals surface area contributed by atoms with E-state index in [0.717, 1.165) is 12.2 Å². The third-order valence-corrected chi connectivity index (χ3v) is 2.62. The van der Waals surface area contributed by atoms with E-state index in [0.29, 0.717) is 12.1 Å². The lowest BCUT2D eigenvalue weighted by Crippen LogP contribution is -2.39. The summed E-state index contributed by atoms with van der Waals surface area (Å²) < 4.78 is 5.22. The number of hydrogen-bond acceptors (Lipinski definition) is 3. The van der Waals surface area contributed by atoms with Gasteiger partial charge in [-0.3, -0.25) is 4.79 Å². The summed E-state index contributed by atoms with van der Waals surface area (Å²) in [4.78, 5) is 13.6. The topological polar surface area (TPSA) is 59.5 Å². The van der Waals surface area contributed by atoms with E-state index in [9.17, 15) is 4.79 Å². The van der Waals surface area contributed by atoms with Crippen LogP contribution >= 0.6 is 0 Å². The van der Waals surface area contributed by atoms with E-state index in [1.807, 2.05) is 13.8 Å². The molecule has 0 fully saturated rings. The highest BCUT2D eigenvalue weighted by atomic mass is 16.3. The fourth-order valence-corrected chi connectivity index (χ4v) is 1.35. The van der Waals surface area contributed by atoms with Crippen molar-refractivity contribution in [2.75, 3.05) is 13.6 Å². The van der Waals surface area contributed by atoms with Gasteiger partial charge in [0.25, 0.3) is 5.91 Å². The molecule has 0 saturated heterocycles. The van der Waals surface area contributed by atoms with E-state index in [-0.39, 0.29) is 11.9 Å². The molecule has 0 aliphatic rings. The molecule has 1 rings (SSSR count). The summed E-state index contributed by atoms with van der Waals surface area (Å²) in [6.45, 7) is 4.34. The SMILES string of the molecule is CCc1occc1C(=O)N(C)C(C)CN. The lowest BCUT2D eigenvalue weighted by Gasteiger charge is -2.23. The van der Waals surface area contributed by atoms with Gasteiger partial charge in [0.1, 0.15) is 5.76 Å². The van der Waals surface area contributed by atoms with E-state index in [2.05, 4.69) is 0 Å². The molecule has 0 bridgehead atoms. The molecule has 15 heavy (non-hydrogen) atoms. The van der Waals surface area contributed by atoms with Gasteiger partial charge in [0.2, 0.25) is 0 Å². The number of amides is 1. The summed E-state index contributed by atoms with van der Waals surface area (Å²) in [5, 5.41) is 0. The number of carbonyl (C=O) groups is 1. The van der Waals surface area contributed by atoms with Crippen LogP contribution in [-0.2, 0) is 6.42 Å². The van der Waals surface area contributed by atoms with Gasteiger partial charge in [-0.15, -0.1) is 0 Å². The fourth-order valence-electron chi connectivity index (χ4n) is 1.35. The number of rotatable bonds is 4. The van der Waals surface area contributed by atoms with Crippen molar-refractivity contribution in [2.24, 2.45) is 5.73 Å². The fraction of sp³-hybridized carbons (Fsp3) is 0.545. The van der Waals surface area contributed by atoms with Gasteiger partial charge in [0.15, 0.2) is 0 Å². The summed E-state index contributed by atoms with van der Waals surface area (Å²) in [5.74, 6) is 0.703. The summed E-state index contributed by atoms with van der Waals surface area (Å²) in [6.07, 6.45) is 2.27. The molecule has 1 atom stereocenters. The Kier molecular flexibility index (Phi) is 3.91. The summed E-state index contributed by atoms with van der Waals surface area (Å²) >= 11 is 0. The predicted molar refractivity (Wildman–Crippen MR) is 58.7 cm³/mol. The maximum atomic E-state index is 12.0. The minimum Gasteiger partial charge on any atom is -0.469 e. The van der Waals surface area contributed by atoms with Gasteiger partial charge in [-0.05, 0) is 13.0 Å². The molecule has 0 aromatic carbocycles. The lowest BCUT2D eigenvalue weighted by molar-refractivity contribution is 0.0746. The van der Waals surface area contributed by atoms with Crippen LogP contribution in [0.2, 0.25) is 0 Å². The van der Waals surface area contributed by atoms with Gasteiger partial charge in [-0.1, -0.05) is 6.92 Å². The number of carbonyl (C=O) groups excluding carboxylic acids is 1. The summed E-state index contributed by atoms with van der Waals surface area (Å²) in [7, 11) is 1.76. The van der Waals surface area contributed by atoms with E-state index in [4.69, 9.17) is 10.2 Å². The first-order chi connectivity index (χ1) is 7.11. The second-order valence-electron chi connectivity index (χ2n) is 3.61. The zero-order chi connectivity index (χ0) is 11.4. The maximum absolute atomic E-state index is 12.0. The van der Waals surface area contributed by atoms with Crippen molar-refractivity contribution in [3.05, 3.63) is 23.7 Å². The largest absolute Gasteiger partial charge is 0.469 e. The molecule has 1 unspecified atom stereocenters. The first kappa shape index (κ1) is 11.8. The van der Waals surface area contributed by atoms with E-state index < -0.39 is 0 Å². The number of likely N-dealkylation sites (N-methyl/N-ethyl adjacent to an activating group) is 1. The van der Waals surface area contributed by atoms with Crippen LogP contribution in [-0.4, -0.2) is 30.4 Å². The van der Waals surface area contributed by atoms with Crippen molar-refractivity contribution in [2.45, 2.75) is 26.3 Å². The van der Waals surface area contributed by atoms with Crippen LogP contribution in [0.1, 0.15) is 30.0 Å². The Balaban J connectivity index is 2.84. The van der Waals surface area contributed by atoms with Crippen molar-refractivity contribution in [3.63, 3.8) is 0 Å². The predicted octanol–water partition coefficient (Wildman–Crippen LogP) is 1.26. The molecule has 1 aromatic heterocycles. The smallest absolute Gasteiger partial charge is 0.257 e. The lowest BCUT2D eigenvalue weighted by atomic mass is 10.1. The van der Waals surface area contributed by atoms with Crippen LogP contribution < -0.4 is 5.73 Å². The number of aryl methyl sites for hydroxylation is 1. The molecule has 1 heterocycles. The minimum absolute atomic E-state index is 0.0291. The van der Waals surface area contributed by atoms with Crippen LogP contribution in [0.25, 0.3) is 0 Å². The molecule has 1 amide bonds.